The Morgan fingerprint density at radius 3 is 2.50 bits per heavy atom. The molecule has 0 saturated heterocycles. The first-order valence-corrected chi connectivity index (χ1v) is 7.84. The van der Waals surface area contributed by atoms with Crippen LogP contribution in [0.25, 0.3) is 5.70 Å². The highest BCUT2D eigenvalue weighted by molar-refractivity contribution is 5.77. The fraction of sp³-hybridized carbons (Fsp3) is 0.158. The Bertz CT molecular complexity index is 878. The van der Waals surface area contributed by atoms with E-state index in [0.717, 1.165) is 28.5 Å². The molecule has 0 bridgehead atoms. The number of nitrogens with zero attached hydrogens (tertiary/aromatic N) is 3. The first-order valence-electron chi connectivity index (χ1n) is 7.84. The van der Waals surface area contributed by atoms with E-state index in [0.29, 0.717) is 0 Å². The highest BCUT2D eigenvalue weighted by atomic mass is 16.5. The normalized spacial score (nSPS) is 16.1. The molecule has 5 heteroatoms. The average molecular weight is 318 g/mol. The van der Waals surface area contributed by atoms with Crippen molar-refractivity contribution in [1.29, 1.82) is 0 Å². The molecular weight excluding hydrogens is 300 g/mol. The average Bonchev–Trinajstić information content (AvgIpc) is 3.10. The molecular formula is C19H18N4O. The van der Waals surface area contributed by atoms with Gasteiger partial charge in [-0.05, 0) is 36.3 Å². The number of ether oxygens (including phenoxy) is 1. The van der Waals surface area contributed by atoms with Crippen molar-refractivity contribution >= 4 is 11.6 Å². The molecule has 0 radical (unpaired) electrons. The lowest BCUT2D eigenvalue weighted by Crippen LogP contribution is -2.20. The van der Waals surface area contributed by atoms with Gasteiger partial charge in [0.15, 0.2) is 0 Å². The van der Waals surface area contributed by atoms with Gasteiger partial charge < -0.3 is 10.1 Å². The Labute approximate surface area is 140 Å². The quantitative estimate of drug-likeness (QED) is 0.801. The zero-order valence-electron chi connectivity index (χ0n) is 13.6. The van der Waals surface area contributed by atoms with E-state index in [-0.39, 0.29) is 6.04 Å². The molecule has 3 aromatic rings. The van der Waals surface area contributed by atoms with E-state index in [1.807, 2.05) is 16.8 Å². The van der Waals surface area contributed by atoms with Crippen LogP contribution in [0.2, 0.25) is 0 Å². The zero-order chi connectivity index (χ0) is 16.5. The first kappa shape index (κ1) is 14.5. The van der Waals surface area contributed by atoms with Crippen molar-refractivity contribution in [3.05, 3.63) is 77.6 Å². The van der Waals surface area contributed by atoms with Gasteiger partial charge in [0.25, 0.3) is 0 Å². The van der Waals surface area contributed by atoms with Crippen molar-refractivity contribution in [3.63, 3.8) is 0 Å². The van der Waals surface area contributed by atoms with E-state index >= 15 is 0 Å². The third kappa shape index (κ3) is 2.54. The summed E-state index contributed by atoms with van der Waals surface area (Å²) in [5, 5.41) is 7.73. The number of methoxy groups -OCH3 is 1. The molecule has 1 aromatic heterocycles. The molecule has 0 fully saturated rings. The largest absolute Gasteiger partial charge is 0.497 e. The molecule has 1 aliphatic heterocycles. The van der Waals surface area contributed by atoms with Crippen LogP contribution in [-0.2, 0) is 0 Å². The number of aryl methyl sites for hydroxylation is 1. The molecule has 2 aromatic carbocycles. The highest BCUT2D eigenvalue weighted by Crippen LogP contribution is 2.32. The van der Waals surface area contributed by atoms with Gasteiger partial charge in [0, 0.05) is 5.70 Å². The van der Waals surface area contributed by atoms with E-state index in [1.165, 1.54) is 5.56 Å². The van der Waals surface area contributed by atoms with Crippen LogP contribution in [0.3, 0.4) is 0 Å². The second-order valence-corrected chi connectivity index (χ2v) is 5.82. The smallest absolute Gasteiger partial charge is 0.226 e. The van der Waals surface area contributed by atoms with Crippen LogP contribution in [0, 0.1) is 6.92 Å². The summed E-state index contributed by atoms with van der Waals surface area (Å²) in [7, 11) is 1.67. The number of hydrogen-bond acceptors (Lipinski definition) is 4. The summed E-state index contributed by atoms with van der Waals surface area (Å²) in [5.74, 6) is 1.59. The van der Waals surface area contributed by atoms with Crippen molar-refractivity contribution < 1.29 is 4.74 Å². The minimum Gasteiger partial charge on any atom is -0.497 e. The Morgan fingerprint density at radius 1 is 1.04 bits per heavy atom. The fourth-order valence-electron chi connectivity index (χ4n) is 2.87. The standard InChI is InChI=1S/C19H18N4O/c1-13-3-5-14(6-4-13)17-11-18(23-19(22-17)20-12-21-23)15-7-9-16(24-2)10-8-15/h3-12,18H,1-2H3,(H,20,21,22)/t18-/m1/s1. The molecule has 0 unspecified atom stereocenters. The summed E-state index contributed by atoms with van der Waals surface area (Å²) in [5.41, 5.74) is 4.54. The van der Waals surface area contributed by atoms with Crippen LogP contribution in [0.4, 0.5) is 5.95 Å². The molecule has 5 nitrogen and oxygen atoms in total. The second kappa shape index (κ2) is 5.85. The lowest BCUT2D eigenvalue weighted by molar-refractivity contribution is 0.414. The number of anilines is 1. The van der Waals surface area contributed by atoms with Crippen LogP contribution in [-0.4, -0.2) is 21.9 Å². The summed E-state index contributed by atoms with van der Waals surface area (Å²) in [6.45, 7) is 2.09. The maximum atomic E-state index is 5.25. The molecule has 0 spiro atoms. The fourth-order valence-corrected chi connectivity index (χ4v) is 2.87. The van der Waals surface area contributed by atoms with Crippen LogP contribution in [0.1, 0.15) is 22.7 Å². The van der Waals surface area contributed by atoms with Gasteiger partial charge in [-0.1, -0.05) is 42.0 Å². The van der Waals surface area contributed by atoms with Crippen LogP contribution in [0.5, 0.6) is 5.75 Å². The van der Waals surface area contributed by atoms with Gasteiger partial charge in [-0.25, -0.2) is 4.68 Å². The minimum absolute atomic E-state index is 0.00837. The van der Waals surface area contributed by atoms with Gasteiger partial charge in [-0.2, -0.15) is 10.1 Å². The molecule has 0 amide bonds. The second-order valence-electron chi connectivity index (χ2n) is 5.82. The number of rotatable bonds is 3. The summed E-state index contributed by atoms with van der Waals surface area (Å²) in [6.07, 6.45) is 3.75. The molecule has 2 heterocycles. The van der Waals surface area contributed by atoms with E-state index in [4.69, 9.17) is 4.74 Å². The highest BCUT2D eigenvalue weighted by Gasteiger charge is 2.23. The minimum atomic E-state index is -0.00837. The lowest BCUT2D eigenvalue weighted by atomic mass is 10.0. The topological polar surface area (TPSA) is 52.0 Å². The Kier molecular flexibility index (Phi) is 3.54. The maximum absolute atomic E-state index is 5.25. The van der Waals surface area contributed by atoms with E-state index in [9.17, 15) is 0 Å². The predicted molar refractivity (Wildman–Crippen MR) is 93.9 cm³/mol. The summed E-state index contributed by atoms with van der Waals surface area (Å²) < 4.78 is 7.14. The monoisotopic (exact) mass is 318 g/mol. The number of hydrogen-bond donors (Lipinski definition) is 1. The molecule has 0 saturated carbocycles. The van der Waals surface area contributed by atoms with Crippen molar-refractivity contribution in [2.75, 3.05) is 12.4 Å². The Morgan fingerprint density at radius 2 is 1.79 bits per heavy atom. The number of benzene rings is 2. The van der Waals surface area contributed by atoms with Crippen LogP contribution < -0.4 is 10.1 Å². The molecule has 1 atom stereocenters. The lowest BCUT2D eigenvalue weighted by Gasteiger charge is -2.24. The van der Waals surface area contributed by atoms with Gasteiger partial charge in [-0.15, -0.1) is 0 Å². The van der Waals surface area contributed by atoms with E-state index in [2.05, 4.69) is 64.8 Å². The van der Waals surface area contributed by atoms with Gasteiger partial charge in [-0.3, -0.25) is 0 Å². The Balaban J connectivity index is 1.77. The maximum Gasteiger partial charge on any atom is 0.226 e. The first-order chi connectivity index (χ1) is 11.7. The number of allylic oxidation sites excluding steroid dienone is 1. The molecule has 4 rings (SSSR count). The number of aromatic nitrogens is 3. The van der Waals surface area contributed by atoms with Crippen molar-refractivity contribution in [3.8, 4) is 5.75 Å². The summed E-state index contributed by atoms with van der Waals surface area (Å²) in [4.78, 5) is 4.33. The van der Waals surface area contributed by atoms with Crippen molar-refractivity contribution in [2.45, 2.75) is 13.0 Å². The van der Waals surface area contributed by atoms with Gasteiger partial charge in [0.2, 0.25) is 5.95 Å². The van der Waals surface area contributed by atoms with Gasteiger partial charge >= 0.3 is 0 Å². The molecule has 1 aliphatic rings. The SMILES string of the molecule is COc1ccc([C@H]2C=C(c3ccc(C)cc3)Nc3ncnn32)cc1. The molecule has 24 heavy (non-hydrogen) atoms. The van der Waals surface area contributed by atoms with Crippen molar-refractivity contribution in [1.82, 2.24) is 14.8 Å². The van der Waals surface area contributed by atoms with Gasteiger partial charge in [0.1, 0.15) is 18.1 Å². The van der Waals surface area contributed by atoms with Gasteiger partial charge in [0.05, 0.1) is 7.11 Å². The number of nitrogens with one attached hydrogen (secondary N) is 1. The van der Waals surface area contributed by atoms with Crippen LogP contribution in [0.15, 0.2) is 60.9 Å². The Hall–Kier alpha value is -3.08. The predicted octanol–water partition coefficient (Wildman–Crippen LogP) is 3.65. The van der Waals surface area contributed by atoms with E-state index in [1.54, 1.807) is 13.4 Å². The van der Waals surface area contributed by atoms with E-state index < -0.39 is 0 Å². The zero-order valence-corrected chi connectivity index (χ0v) is 13.6. The molecule has 0 aliphatic carbocycles. The molecule has 1 N–H and O–H groups in total. The third-order valence-electron chi connectivity index (χ3n) is 4.23. The third-order valence-corrected chi connectivity index (χ3v) is 4.23. The van der Waals surface area contributed by atoms with Crippen LogP contribution >= 0.6 is 0 Å². The summed E-state index contributed by atoms with van der Waals surface area (Å²) >= 11 is 0. The molecule has 120 valence electrons. The summed E-state index contributed by atoms with van der Waals surface area (Å²) in [6, 6.07) is 16.5. The van der Waals surface area contributed by atoms with Crippen molar-refractivity contribution in [2.24, 2.45) is 0 Å². The number of fused-ring (bicyclic) bond motifs is 1.